The first-order valence-electron chi connectivity index (χ1n) is 10.2. The summed E-state index contributed by atoms with van der Waals surface area (Å²) < 4.78 is 4.80. The van der Waals surface area contributed by atoms with Gasteiger partial charge in [-0.05, 0) is 36.6 Å². The third-order valence-corrected chi connectivity index (χ3v) is 6.60. The largest absolute Gasteiger partial charge is 0.507 e. The molecule has 0 spiro atoms. The molecule has 1 aliphatic heterocycles. The molecular formula is C24H21N3O5S. The highest BCUT2D eigenvalue weighted by atomic mass is 32.1. The molecule has 0 aliphatic carbocycles. The minimum Gasteiger partial charge on any atom is -0.507 e. The third-order valence-electron chi connectivity index (χ3n) is 5.46. The van der Waals surface area contributed by atoms with Crippen LogP contribution >= 0.6 is 11.3 Å². The van der Waals surface area contributed by atoms with Gasteiger partial charge in [0.1, 0.15) is 10.6 Å². The lowest BCUT2D eigenvalue weighted by molar-refractivity contribution is -0.132. The van der Waals surface area contributed by atoms with E-state index in [1.807, 2.05) is 31.2 Å². The van der Waals surface area contributed by atoms with Crippen molar-refractivity contribution in [2.24, 2.45) is 0 Å². The van der Waals surface area contributed by atoms with Gasteiger partial charge in [-0.2, -0.15) is 0 Å². The van der Waals surface area contributed by atoms with Gasteiger partial charge in [-0.1, -0.05) is 42.5 Å². The van der Waals surface area contributed by atoms with Crippen molar-refractivity contribution in [3.63, 3.8) is 0 Å². The number of hydrogen-bond donors (Lipinski definition) is 1. The summed E-state index contributed by atoms with van der Waals surface area (Å²) in [6, 6.07) is 9.67. The van der Waals surface area contributed by atoms with Crippen LogP contribution in [-0.2, 0) is 20.7 Å². The molecule has 33 heavy (non-hydrogen) atoms. The number of pyridine rings is 1. The van der Waals surface area contributed by atoms with E-state index in [1.54, 1.807) is 19.1 Å². The average molecular weight is 464 g/mol. The summed E-state index contributed by atoms with van der Waals surface area (Å²) in [4.78, 5) is 48.2. The van der Waals surface area contributed by atoms with E-state index in [4.69, 9.17) is 4.74 Å². The highest BCUT2D eigenvalue weighted by molar-refractivity contribution is 7.17. The van der Waals surface area contributed by atoms with E-state index in [0.717, 1.165) is 23.3 Å². The van der Waals surface area contributed by atoms with Gasteiger partial charge in [-0.15, -0.1) is 0 Å². The van der Waals surface area contributed by atoms with Crippen LogP contribution in [0.25, 0.3) is 5.76 Å². The molecule has 2 aromatic heterocycles. The summed E-state index contributed by atoms with van der Waals surface area (Å²) >= 11 is 0.964. The van der Waals surface area contributed by atoms with Gasteiger partial charge < -0.3 is 9.84 Å². The highest BCUT2D eigenvalue weighted by Crippen LogP contribution is 2.43. The number of rotatable bonds is 5. The Bertz CT molecular complexity index is 1270. The molecule has 1 amide bonds. The first-order valence-corrected chi connectivity index (χ1v) is 11.0. The Morgan fingerprint density at radius 2 is 1.82 bits per heavy atom. The van der Waals surface area contributed by atoms with Crippen LogP contribution in [0.3, 0.4) is 0 Å². The van der Waals surface area contributed by atoms with E-state index in [1.165, 1.54) is 24.4 Å². The smallest absolute Gasteiger partial charge is 0.350 e. The standard InChI is InChI=1S/C24H21N3O5S/c1-4-14-5-7-15(8-6-14)18-17(19(28)16-9-11-25-12-10-16)20(29)22(30)27(18)24-26-13(2)21(33-24)23(31)32-3/h5-12,18,28H,4H2,1-3H3/b19-17+. The lowest BCUT2D eigenvalue weighted by atomic mass is 9.95. The summed E-state index contributed by atoms with van der Waals surface area (Å²) in [7, 11) is 1.26. The molecule has 1 aliphatic rings. The zero-order valence-corrected chi connectivity index (χ0v) is 19.0. The Hall–Kier alpha value is -3.85. The van der Waals surface area contributed by atoms with Gasteiger partial charge in [0.15, 0.2) is 5.13 Å². The Morgan fingerprint density at radius 3 is 2.42 bits per heavy atom. The number of thiazole rings is 1. The number of ketones is 1. The van der Waals surface area contributed by atoms with Crippen LogP contribution in [0.15, 0.2) is 54.4 Å². The van der Waals surface area contributed by atoms with E-state index < -0.39 is 23.7 Å². The number of amides is 1. The fourth-order valence-corrected chi connectivity index (χ4v) is 4.73. The first kappa shape index (κ1) is 22.3. The number of nitrogens with zero attached hydrogens (tertiary/aromatic N) is 3. The third kappa shape index (κ3) is 3.91. The molecule has 9 heteroatoms. The van der Waals surface area contributed by atoms with Crippen molar-refractivity contribution in [2.45, 2.75) is 26.3 Å². The number of aryl methyl sites for hydroxylation is 2. The Labute approximate surface area is 194 Å². The predicted octanol–water partition coefficient (Wildman–Crippen LogP) is 3.82. The fraction of sp³-hybridized carbons (Fsp3) is 0.208. The predicted molar refractivity (Wildman–Crippen MR) is 123 cm³/mol. The van der Waals surface area contributed by atoms with Gasteiger partial charge in [0.05, 0.1) is 24.4 Å². The topological polar surface area (TPSA) is 110 Å². The zero-order valence-electron chi connectivity index (χ0n) is 18.2. The molecule has 3 aromatic rings. The van der Waals surface area contributed by atoms with E-state index in [-0.39, 0.29) is 21.3 Å². The number of aromatic nitrogens is 2. The maximum Gasteiger partial charge on any atom is 0.350 e. The van der Waals surface area contributed by atoms with Gasteiger partial charge in [-0.3, -0.25) is 19.5 Å². The Balaban J connectivity index is 1.92. The number of aliphatic hydroxyl groups is 1. The van der Waals surface area contributed by atoms with Gasteiger partial charge in [0.25, 0.3) is 5.78 Å². The molecule has 168 valence electrons. The number of Topliss-reactive ketones (excluding diaryl/α,β-unsaturated/α-hetero) is 1. The number of anilines is 1. The summed E-state index contributed by atoms with van der Waals surface area (Å²) in [5.41, 5.74) is 2.42. The summed E-state index contributed by atoms with van der Waals surface area (Å²) in [6.45, 7) is 3.65. The minimum absolute atomic E-state index is 0.0529. The van der Waals surface area contributed by atoms with Gasteiger partial charge >= 0.3 is 11.9 Å². The number of hydrogen-bond acceptors (Lipinski definition) is 8. The molecule has 3 heterocycles. The highest BCUT2D eigenvalue weighted by Gasteiger charge is 2.48. The second kappa shape index (κ2) is 8.95. The van der Waals surface area contributed by atoms with Crippen LogP contribution in [0.1, 0.15) is 45.0 Å². The number of benzene rings is 1. The Morgan fingerprint density at radius 1 is 1.15 bits per heavy atom. The van der Waals surface area contributed by atoms with Crippen molar-refractivity contribution < 1.29 is 24.2 Å². The quantitative estimate of drug-likeness (QED) is 0.265. The van der Waals surface area contributed by atoms with Gasteiger partial charge in [0.2, 0.25) is 0 Å². The van der Waals surface area contributed by atoms with E-state index in [2.05, 4.69) is 9.97 Å². The number of aliphatic hydroxyl groups excluding tert-OH is 1. The van der Waals surface area contributed by atoms with Gasteiger partial charge in [0, 0.05) is 18.0 Å². The molecule has 1 aromatic carbocycles. The number of esters is 1. The van der Waals surface area contributed by atoms with Crippen LogP contribution in [0.4, 0.5) is 5.13 Å². The van der Waals surface area contributed by atoms with Crippen LogP contribution < -0.4 is 4.90 Å². The van der Waals surface area contributed by atoms with Crippen LogP contribution in [0.5, 0.6) is 0 Å². The van der Waals surface area contributed by atoms with Crippen molar-refractivity contribution in [3.8, 4) is 0 Å². The summed E-state index contributed by atoms with van der Waals surface area (Å²) in [5, 5.41) is 11.2. The maximum atomic E-state index is 13.2. The summed E-state index contributed by atoms with van der Waals surface area (Å²) in [5.74, 6) is -2.54. The van der Waals surface area contributed by atoms with Crippen molar-refractivity contribution >= 4 is 39.9 Å². The number of ether oxygens (including phenoxy) is 1. The molecule has 1 atom stereocenters. The number of carbonyl (C=O) groups excluding carboxylic acids is 3. The van der Waals surface area contributed by atoms with Gasteiger partial charge in [-0.25, -0.2) is 9.78 Å². The van der Waals surface area contributed by atoms with Crippen LogP contribution in [0, 0.1) is 6.92 Å². The minimum atomic E-state index is -0.917. The van der Waals surface area contributed by atoms with Crippen LogP contribution in [0.2, 0.25) is 0 Å². The lowest BCUT2D eigenvalue weighted by Gasteiger charge is -2.23. The van der Waals surface area contributed by atoms with Crippen molar-refractivity contribution in [2.75, 3.05) is 12.0 Å². The second-order valence-corrected chi connectivity index (χ2v) is 8.38. The van der Waals surface area contributed by atoms with Crippen molar-refractivity contribution in [1.29, 1.82) is 0 Å². The molecular weight excluding hydrogens is 442 g/mol. The lowest BCUT2D eigenvalue weighted by Crippen LogP contribution is -2.29. The zero-order chi connectivity index (χ0) is 23.7. The second-order valence-electron chi connectivity index (χ2n) is 7.40. The average Bonchev–Trinajstić information content (AvgIpc) is 3.35. The molecule has 0 saturated carbocycles. The summed E-state index contributed by atoms with van der Waals surface area (Å²) in [6.07, 6.45) is 3.80. The first-order chi connectivity index (χ1) is 15.9. The van der Waals surface area contributed by atoms with E-state index in [0.29, 0.717) is 16.8 Å². The van der Waals surface area contributed by atoms with Crippen molar-refractivity contribution in [1.82, 2.24) is 9.97 Å². The number of methoxy groups -OCH3 is 1. The molecule has 4 rings (SSSR count). The Kier molecular flexibility index (Phi) is 6.06. The molecule has 1 unspecified atom stereocenters. The molecule has 0 bridgehead atoms. The molecule has 0 radical (unpaired) electrons. The molecule has 1 saturated heterocycles. The molecule has 1 N–H and O–H groups in total. The SMILES string of the molecule is CCc1ccc(C2/C(=C(\O)c3ccncc3)C(=O)C(=O)N2c2nc(C)c(C(=O)OC)s2)cc1. The monoisotopic (exact) mass is 463 g/mol. The van der Waals surface area contributed by atoms with Crippen molar-refractivity contribution in [3.05, 3.63) is 81.6 Å². The fourth-order valence-electron chi connectivity index (χ4n) is 3.71. The van der Waals surface area contributed by atoms with Crippen LogP contribution in [-0.4, -0.2) is 39.8 Å². The molecule has 1 fully saturated rings. The number of carbonyl (C=O) groups is 3. The van der Waals surface area contributed by atoms with E-state index >= 15 is 0 Å². The van der Waals surface area contributed by atoms with E-state index in [9.17, 15) is 19.5 Å². The maximum absolute atomic E-state index is 13.2. The normalized spacial score (nSPS) is 17.4. The molecule has 8 nitrogen and oxygen atoms in total.